The molecule has 2 aromatic carbocycles. The molecule has 0 aliphatic rings. The van der Waals surface area contributed by atoms with Crippen LogP contribution in [0.3, 0.4) is 0 Å². The Balaban J connectivity index is 2.12. The molecule has 3 atom stereocenters. The largest absolute Gasteiger partial charge is 0.478 e. The molecule has 0 aliphatic heterocycles. The van der Waals surface area contributed by atoms with Crippen LogP contribution in [-0.4, -0.2) is 60.0 Å². The van der Waals surface area contributed by atoms with Gasteiger partial charge in [-0.3, -0.25) is 14.4 Å². The van der Waals surface area contributed by atoms with Crippen LogP contribution < -0.4 is 21.3 Å². The Hall–Kier alpha value is -3.43. The van der Waals surface area contributed by atoms with E-state index < -0.39 is 30.0 Å². The summed E-state index contributed by atoms with van der Waals surface area (Å²) in [6, 6.07) is 11.7. The van der Waals surface area contributed by atoms with Gasteiger partial charge in [0, 0.05) is 29.7 Å². The molecule has 0 saturated heterocycles. The fraction of sp³-hybridized carbons (Fsp3) is 0.407. The van der Waals surface area contributed by atoms with Crippen LogP contribution >= 0.6 is 11.6 Å². The van der Waals surface area contributed by atoms with Gasteiger partial charge in [0.25, 0.3) is 5.91 Å². The van der Waals surface area contributed by atoms with Crippen LogP contribution in [0.1, 0.15) is 54.0 Å². The van der Waals surface area contributed by atoms with Crippen molar-refractivity contribution in [3.05, 3.63) is 70.2 Å². The average Bonchev–Trinajstić information content (AvgIpc) is 2.85. The summed E-state index contributed by atoms with van der Waals surface area (Å²) < 4.78 is 0. The number of carbonyl (C=O) groups is 4. The quantitative estimate of drug-likeness (QED) is 0.270. The number of carboxylic acids is 1. The highest BCUT2D eigenvalue weighted by Gasteiger charge is 2.26. The number of nitrogens with one attached hydrogen (secondary N) is 4. The van der Waals surface area contributed by atoms with E-state index in [1.165, 1.54) is 18.2 Å². The van der Waals surface area contributed by atoms with Gasteiger partial charge in [-0.2, -0.15) is 0 Å². The highest BCUT2D eigenvalue weighted by molar-refractivity contribution is 6.31. The van der Waals surface area contributed by atoms with Gasteiger partial charge >= 0.3 is 5.97 Å². The SMILES string of the molecule is CCNC(=O)[C@@H](NC(=O)[C@H](C)NC[C@H](Cc1ccccc1)NC(=O)c1cc(Cl)cc(C(=O)O)c1)C(C)C. The van der Waals surface area contributed by atoms with Gasteiger partial charge in [0.05, 0.1) is 11.6 Å². The second-order valence-electron chi connectivity index (χ2n) is 9.15. The molecule has 0 spiro atoms. The maximum atomic E-state index is 13.0. The van der Waals surface area contributed by atoms with Crippen molar-refractivity contribution in [2.45, 2.75) is 52.2 Å². The van der Waals surface area contributed by atoms with E-state index >= 15 is 0 Å². The number of carboxylic acid groups (broad SMARTS) is 1. The lowest BCUT2D eigenvalue weighted by Gasteiger charge is -2.25. The van der Waals surface area contributed by atoms with Gasteiger partial charge in [0.15, 0.2) is 0 Å². The van der Waals surface area contributed by atoms with E-state index in [4.69, 9.17) is 11.6 Å². The van der Waals surface area contributed by atoms with Crippen molar-refractivity contribution in [2.24, 2.45) is 5.92 Å². The first-order valence-corrected chi connectivity index (χ1v) is 12.6. The van der Waals surface area contributed by atoms with E-state index in [2.05, 4.69) is 21.3 Å². The lowest BCUT2D eigenvalue weighted by atomic mass is 10.0. The molecule has 2 rings (SSSR count). The molecule has 0 bridgehead atoms. The maximum Gasteiger partial charge on any atom is 0.335 e. The van der Waals surface area contributed by atoms with Crippen LogP contribution in [0.15, 0.2) is 48.5 Å². The van der Waals surface area contributed by atoms with Crippen molar-refractivity contribution in [3.63, 3.8) is 0 Å². The number of hydrogen-bond acceptors (Lipinski definition) is 5. The Morgan fingerprint density at radius 3 is 2.16 bits per heavy atom. The molecule has 0 unspecified atom stereocenters. The van der Waals surface area contributed by atoms with Gasteiger partial charge in [-0.25, -0.2) is 4.79 Å². The Morgan fingerprint density at radius 1 is 0.919 bits per heavy atom. The van der Waals surface area contributed by atoms with E-state index in [9.17, 15) is 24.3 Å². The summed E-state index contributed by atoms with van der Waals surface area (Å²) in [7, 11) is 0. The predicted octanol–water partition coefficient (Wildman–Crippen LogP) is 2.63. The second-order valence-corrected chi connectivity index (χ2v) is 9.59. The molecule has 0 radical (unpaired) electrons. The fourth-order valence-electron chi connectivity index (χ4n) is 3.69. The predicted molar refractivity (Wildman–Crippen MR) is 143 cm³/mol. The smallest absolute Gasteiger partial charge is 0.335 e. The molecule has 37 heavy (non-hydrogen) atoms. The lowest BCUT2D eigenvalue weighted by Crippen LogP contribution is -2.55. The van der Waals surface area contributed by atoms with E-state index in [1.807, 2.05) is 51.1 Å². The molecule has 5 N–H and O–H groups in total. The van der Waals surface area contributed by atoms with Crippen molar-refractivity contribution in [1.82, 2.24) is 21.3 Å². The molecule has 0 fully saturated rings. The minimum absolute atomic E-state index is 0.0903. The third-order valence-electron chi connectivity index (χ3n) is 5.73. The number of rotatable bonds is 13. The zero-order valence-corrected chi connectivity index (χ0v) is 22.3. The topological polar surface area (TPSA) is 137 Å². The number of carbonyl (C=O) groups excluding carboxylic acids is 3. The van der Waals surface area contributed by atoms with Gasteiger partial charge in [-0.05, 0) is 49.9 Å². The summed E-state index contributed by atoms with van der Waals surface area (Å²) in [6.07, 6.45) is 0.466. The average molecular weight is 531 g/mol. The maximum absolute atomic E-state index is 13.0. The van der Waals surface area contributed by atoms with Gasteiger partial charge < -0.3 is 26.4 Å². The van der Waals surface area contributed by atoms with Gasteiger partial charge in [-0.1, -0.05) is 55.8 Å². The van der Waals surface area contributed by atoms with E-state index in [-0.39, 0.29) is 40.4 Å². The summed E-state index contributed by atoms with van der Waals surface area (Å²) in [4.78, 5) is 49.5. The first kappa shape index (κ1) is 29.8. The summed E-state index contributed by atoms with van der Waals surface area (Å²) >= 11 is 6.02. The van der Waals surface area contributed by atoms with Crippen molar-refractivity contribution in [2.75, 3.05) is 13.1 Å². The molecule has 0 heterocycles. The number of aromatic carboxylic acids is 1. The molecule has 0 aliphatic carbocycles. The first-order chi connectivity index (χ1) is 17.5. The highest BCUT2D eigenvalue weighted by Crippen LogP contribution is 2.16. The monoisotopic (exact) mass is 530 g/mol. The molecule has 10 heteroatoms. The zero-order valence-electron chi connectivity index (χ0n) is 21.5. The Morgan fingerprint density at radius 2 is 1.57 bits per heavy atom. The van der Waals surface area contributed by atoms with Crippen LogP contribution in [0.2, 0.25) is 5.02 Å². The molecule has 3 amide bonds. The summed E-state index contributed by atoms with van der Waals surface area (Å²) in [5.74, 6) is -2.35. The summed E-state index contributed by atoms with van der Waals surface area (Å²) in [6.45, 7) is 7.92. The number of amides is 3. The van der Waals surface area contributed by atoms with Crippen LogP contribution in [0, 0.1) is 5.92 Å². The minimum atomic E-state index is -1.19. The van der Waals surface area contributed by atoms with Crippen molar-refractivity contribution in [3.8, 4) is 0 Å². The number of halogens is 1. The third-order valence-corrected chi connectivity index (χ3v) is 5.95. The molecule has 9 nitrogen and oxygen atoms in total. The summed E-state index contributed by atoms with van der Waals surface area (Å²) in [5.41, 5.74) is 1.00. The van der Waals surface area contributed by atoms with Crippen LogP contribution in [0.4, 0.5) is 0 Å². The number of benzene rings is 2. The van der Waals surface area contributed by atoms with Gasteiger partial charge in [0.1, 0.15) is 6.04 Å². The molecular weight excluding hydrogens is 496 g/mol. The normalized spacial score (nSPS) is 13.4. The lowest BCUT2D eigenvalue weighted by molar-refractivity contribution is -0.130. The van der Waals surface area contributed by atoms with E-state index in [0.29, 0.717) is 13.0 Å². The van der Waals surface area contributed by atoms with Crippen LogP contribution in [0.25, 0.3) is 0 Å². The highest BCUT2D eigenvalue weighted by atomic mass is 35.5. The van der Waals surface area contributed by atoms with E-state index in [1.54, 1.807) is 6.92 Å². The Labute approximate surface area is 222 Å². The van der Waals surface area contributed by atoms with Crippen LogP contribution in [0.5, 0.6) is 0 Å². The molecule has 0 saturated carbocycles. The molecule has 0 aromatic heterocycles. The Bertz CT molecular complexity index is 1090. The van der Waals surface area contributed by atoms with Gasteiger partial charge in [-0.15, -0.1) is 0 Å². The minimum Gasteiger partial charge on any atom is -0.478 e. The second kappa shape index (κ2) is 14.3. The first-order valence-electron chi connectivity index (χ1n) is 12.2. The van der Waals surface area contributed by atoms with Gasteiger partial charge in [0.2, 0.25) is 11.8 Å². The molecule has 2 aromatic rings. The third kappa shape index (κ3) is 9.51. The van der Waals surface area contributed by atoms with Crippen molar-refractivity contribution < 1.29 is 24.3 Å². The number of likely N-dealkylation sites (N-methyl/N-ethyl adjacent to an activating group) is 1. The van der Waals surface area contributed by atoms with Crippen molar-refractivity contribution >= 4 is 35.3 Å². The molecular formula is C27H35ClN4O5. The summed E-state index contributed by atoms with van der Waals surface area (Å²) in [5, 5.41) is 21.0. The van der Waals surface area contributed by atoms with Crippen molar-refractivity contribution in [1.29, 1.82) is 0 Å². The fourth-order valence-corrected chi connectivity index (χ4v) is 3.93. The Kier molecular flexibility index (Phi) is 11.6. The van der Waals surface area contributed by atoms with E-state index in [0.717, 1.165) is 5.56 Å². The molecule has 200 valence electrons. The standard InChI is InChI=1S/C27H35ClN4O5/c1-5-29-26(35)23(16(2)3)32-24(33)17(4)30-15-22(11-18-9-7-6-8-10-18)31-25(34)19-12-20(27(36)37)14-21(28)13-19/h6-10,12-14,16-17,22-23,30H,5,11,15H2,1-4H3,(H,29,35)(H,31,34)(H,32,33)(H,36,37)/t17-,22-,23-/m0/s1. The number of hydrogen-bond donors (Lipinski definition) is 5. The van der Waals surface area contributed by atoms with Crippen LogP contribution in [-0.2, 0) is 16.0 Å². The zero-order chi connectivity index (χ0) is 27.5.